The smallest absolute Gasteiger partial charge is 0.0294 e. The molecule has 0 bridgehead atoms. The van der Waals surface area contributed by atoms with Crippen LogP contribution in [0, 0.1) is 0 Å². The lowest BCUT2D eigenvalue weighted by atomic mass is 10.1. The highest BCUT2D eigenvalue weighted by Crippen LogP contribution is 2.17. The van der Waals surface area contributed by atoms with Crippen molar-refractivity contribution >= 4 is 15.9 Å². The lowest BCUT2D eigenvalue weighted by molar-refractivity contribution is 0.469. The van der Waals surface area contributed by atoms with Crippen molar-refractivity contribution < 1.29 is 0 Å². The fraction of sp³-hybridized carbons (Fsp3) is 0.500. The molecule has 0 amide bonds. The van der Waals surface area contributed by atoms with Crippen molar-refractivity contribution in [1.82, 2.24) is 5.32 Å². The summed E-state index contributed by atoms with van der Waals surface area (Å²) in [5.41, 5.74) is 1.34. The van der Waals surface area contributed by atoms with Crippen molar-refractivity contribution in [2.45, 2.75) is 39.3 Å². The molecule has 0 radical (unpaired) electrons. The quantitative estimate of drug-likeness (QED) is 0.861. The number of nitrogens with one attached hydrogen (secondary N) is 1. The van der Waals surface area contributed by atoms with E-state index in [1.807, 2.05) is 0 Å². The van der Waals surface area contributed by atoms with E-state index in [1.165, 1.54) is 12.0 Å². The molecule has 1 aromatic rings. The van der Waals surface area contributed by atoms with Gasteiger partial charge in [0.15, 0.2) is 0 Å². The molecule has 1 aromatic carbocycles. The minimum absolute atomic E-state index is 0.429. The lowest BCUT2D eigenvalue weighted by Gasteiger charge is -2.19. The van der Waals surface area contributed by atoms with E-state index in [4.69, 9.17) is 0 Å². The molecule has 0 saturated carbocycles. The summed E-state index contributed by atoms with van der Waals surface area (Å²) in [6.07, 6.45) is 1.17. The van der Waals surface area contributed by atoms with Gasteiger partial charge in [0.2, 0.25) is 0 Å². The van der Waals surface area contributed by atoms with Gasteiger partial charge in [-0.25, -0.2) is 0 Å². The zero-order valence-electron chi connectivity index (χ0n) is 9.05. The monoisotopic (exact) mass is 255 g/mol. The minimum atomic E-state index is 0.429. The Labute approximate surface area is 95.0 Å². The maximum atomic E-state index is 3.55. The number of halogens is 1. The molecule has 1 nitrogen and oxygen atoms in total. The molecule has 0 fully saturated rings. The van der Waals surface area contributed by atoms with Crippen LogP contribution in [0.15, 0.2) is 28.7 Å². The predicted molar refractivity (Wildman–Crippen MR) is 65.4 cm³/mol. The summed E-state index contributed by atoms with van der Waals surface area (Å²) >= 11 is 3.44. The molecular weight excluding hydrogens is 238 g/mol. The van der Waals surface area contributed by atoms with Crippen LogP contribution in [0.2, 0.25) is 0 Å². The van der Waals surface area contributed by atoms with Gasteiger partial charge >= 0.3 is 0 Å². The second-order valence-electron chi connectivity index (χ2n) is 3.75. The SMILES string of the molecule is CC[C@@H](C)N[C@@H](C)c1ccc(Br)cc1. The summed E-state index contributed by atoms with van der Waals surface area (Å²) in [6, 6.07) is 9.49. The van der Waals surface area contributed by atoms with E-state index in [0.717, 1.165) is 4.47 Å². The molecule has 0 aliphatic rings. The topological polar surface area (TPSA) is 12.0 Å². The summed E-state index contributed by atoms with van der Waals surface area (Å²) < 4.78 is 1.14. The van der Waals surface area contributed by atoms with Crippen LogP contribution in [-0.2, 0) is 0 Å². The van der Waals surface area contributed by atoms with E-state index in [1.54, 1.807) is 0 Å². The summed E-state index contributed by atoms with van der Waals surface area (Å²) in [6.45, 7) is 6.62. The number of rotatable bonds is 4. The van der Waals surface area contributed by atoms with Gasteiger partial charge in [0, 0.05) is 16.6 Å². The fourth-order valence-electron chi connectivity index (χ4n) is 1.39. The fourth-order valence-corrected chi connectivity index (χ4v) is 1.66. The third-order valence-electron chi connectivity index (χ3n) is 2.52. The van der Waals surface area contributed by atoms with Crippen LogP contribution in [0.5, 0.6) is 0 Å². The van der Waals surface area contributed by atoms with Crippen LogP contribution in [0.1, 0.15) is 38.8 Å². The molecule has 2 heteroatoms. The molecule has 14 heavy (non-hydrogen) atoms. The number of hydrogen-bond donors (Lipinski definition) is 1. The third kappa shape index (κ3) is 3.43. The minimum Gasteiger partial charge on any atom is -0.308 e. The van der Waals surface area contributed by atoms with Crippen LogP contribution in [0.4, 0.5) is 0 Å². The second kappa shape index (κ2) is 5.52. The Morgan fingerprint density at radius 1 is 1.21 bits per heavy atom. The zero-order chi connectivity index (χ0) is 10.6. The van der Waals surface area contributed by atoms with Gasteiger partial charge in [-0.05, 0) is 38.0 Å². The van der Waals surface area contributed by atoms with Gasteiger partial charge in [0.1, 0.15) is 0 Å². The highest BCUT2D eigenvalue weighted by atomic mass is 79.9. The van der Waals surface area contributed by atoms with Crippen LogP contribution >= 0.6 is 15.9 Å². The Hall–Kier alpha value is -0.340. The highest BCUT2D eigenvalue weighted by Gasteiger charge is 2.07. The first kappa shape index (κ1) is 11.7. The van der Waals surface area contributed by atoms with Gasteiger partial charge in [-0.15, -0.1) is 0 Å². The van der Waals surface area contributed by atoms with Gasteiger partial charge in [-0.2, -0.15) is 0 Å². The summed E-state index contributed by atoms with van der Waals surface area (Å²) in [7, 11) is 0. The lowest BCUT2D eigenvalue weighted by Crippen LogP contribution is -2.28. The Balaban J connectivity index is 2.60. The van der Waals surface area contributed by atoms with E-state index < -0.39 is 0 Å². The van der Waals surface area contributed by atoms with E-state index in [-0.39, 0.29) is 0 Å². The second-order valence-corrected chi connectivity index (χ2v) is 4.66. The van der Waals surface area contributed by atoms with Crippen LogP contribution in [-0.4, -0.2) is 6.04 Å². The third-order valence-corrected chi connectivity index (χ3v) is 3.05. The van der Waals surface area contributed by atoms with Crippen molar-refractivity contribution in [3.63, 3.8) is 0 Å². The highest BCUT2D eigenvalue weighted by molar-refractivity contribution is 9.10. The van der Waals surface area contributed by atoms with E-state index in [0.29, 0.717) is 12.1 Å². The summed E-state index contributed by atoms with van der Waals surface area (Å²) in [4.78, 5) is 0. The molecular formula is C12H18BrN. The first-order valence-corrected chi connectivity index (χ1v) is 5.94. The van der Waals surface area contributed by atoms with Crippen LogP contribution in [0.25, 0.3) is 0 Å². The average molecular weight is 256 g/mol. The Morgan fingerprint density at radius 2 is 1.79 bits per heavy atom. The molecule has 0 saturated heterocycles. The van der Waals surface area contributed by atoms with Crippen molar-refractivity contribution in [2.75, 3.05) is 0 Å². The molecule has 1 rings (SSSR count). The molecule has 2 atom stereocenters. The maximum absolute atomic E-state index is 3.55. The van der Waals surface area contributed by atoms with Gasteiger partial charge in [0.25, 0.3) is 0 Å². The van der Waals surface area contributed by atoms with Crippen molar-refractivity contribution in [2.24, 2.45) is 0 Å². The van der Waals surface area contributed by atoms with Gasteiger partial charge in [-0.3, -0.25) is 0 Å². The molecule has 0 heterocycles. The molecule has 78 valence electrons. The van der Waals surface area contributed by atoms with Gasteiger partial charge < -0.3 is 5.32 Å². The number of hydrogen-bond acceptors (Lipinski definition) is 1. The van der Waals surface area contributed by atoms with E-state index in [9.17, 15) is 0 Å². The molecule has 1 N–H and O–H groups in total. The van der Waals surface area contributed by atoms with E-state index >= 15 is 0 Å². The van der Waals surface area contributed by atoms with Gasteiger partial charge in [-0.1, -0.05) is 35.0 Å². The molecule has 0 aromatic heterocycles. The van der Waals surface area contributed by atoms with Crippen LogP contribution < -0.4 is 5.32 Å². The first-order chi connectivity index (χ1) is 6.63. The van der Waals surface area contributed by atoms with Crippen molar-refractivity contribution in [3.8, 4) is 0 Å². The Morgan fingerprint density at radius 3 is 2.29 bits per heavy atom. The Bertz CT molecular complexity index is 268. The molecule has 0 aliphatic heterocycles. The van der Waals surface area contributed by atoms with Crippen molar-refractivity contribution in [3.05, 3.63) is 34.3 Å². The van der Waals surface area contributed by atoms with Gasteiger partial charge in [0.05, 0.1) is 0 Å². The summed E-state index contributed by atoms with van der Waals surface area (Å²) in [5.74, 6) is 0. The maximum Gasteiger partial charge on any atom is 0.0294 e. The molecule has 0 unspecified atom stereocenters. The zero-order valence-corrected chi connectivity index (χ0v) is 10.6. The molecule has 0 spiro atoms. The summed E-state index contributed by atoms with van der Waals surface area (Å²) in [5, 5.41) is 3.55. The normalized spacial score (nSPS) is 15.1. The molecule has 0 aliphatic carbocycles. The largest absolute Gasteiger partial charge is 0.308 e. The number of benzene rings is 1. The standard InChI is InChI=1S/C12H18BrN/c1-4-9(2)14-10(3)11-5-7-12(13)8-6-11/h5-10,14H,4H2,1-3H3/t9-,10+/m1/s1. The first-order valence-electron chi connectivity index (χ1n) is 5.15. The average Bonchev–Trinajstić information content (AvgIpc) is 2.18. The van der Waals surface area contributed by atoms with E-state index in [2.05, 4.69) is 66.3 Å². The van der Waals surface area contributed by atoms with Crippen LogP contribution in [0.3, 0.4) is 0 Å². The predicted octanol–water partition coefficient (Wildman–Crippen LogP) is 3.90. The Kier molecular flexibility index (Phi) is 4.63. The van der Waals surface area contributed by atoms with Crippen molar-refractivity contribution in [1.29, 1.82) is 0 Å².